The van der Waals surface area contributed by atoms with E-state index in [-0.39, 0.29) is 12.2 Å². The first-order valence-electron chi connectivity index (χ1n) is 4.19. The number of hydrogen-bond donors (Lipinski definition) is 0. The molecule has 0 saturated heterocycles. The third kappa shape index (κ3) is 6.05. The van der Waals surface area contributed by atoms with Crippen molar-refractivity contribution in [2.24, 2.45) is 0 Å². The first-order valence-corrected chi connectivity index (χ1v) is 3.69. The van der Waals surface area contributed by atoms with Gasteiger partial charge in [-0.1, -0.05) is 0 Å². The highest BCUT2D eigenvalue weighted by atomic mass is 16.7. The Kier molecular flexibility index (Phi) is 3.76. The molecule has 0 bridgehead atoms. The zero-order chi connectivity index (χ0) is 9.07. The third-order valence-electron chi connectivity index (χ3n) is 0.803. The van der Waals surface area contributed by atoms with Gasteiger partial charge in [-0.3, -0.25) is 0 Å². The van der Waals surface area contributed by atoms with Crippen molar-refractivity contribution >= 4 is 0 Å². The van der Waals surface area contributed by atoms with Gasteiger partial charge in [0.25, 0.3) is 0 Å². The number of ether oxygens (including phenoxy) is 2. The van der Waals surface area contributed by atoms with E-state index in [1.165, 1.54) is 0 Å². The molecule has 0 unspecified atom stereocenters. The van der Waals surface area contributed by atoms with Crippen LogP contribution < -0.4 is 0 Å². The van der Waals surface area contributed by atoms with Crippen molar-refractivity contribution in [1.82, 2.24) is 0 Å². The molecule has 0 rings (SSSR count). The lowest BCUT2D eigenvalue weighted by molar-refractivity contribution is -0.169. The second-order valence-electron chi connectivity index (χ2n) is 2.82. The van der Waals surface area contributed by atoms with Gasteiger partial charge in [0, 0.05) is 0 Å². The van der Waals surface area contributed by atoms with Crippen LogP contribution in [-0.2, 0) is 9.47 Å². The van der Waals surface area contributed by atoms with Crippen molar-refractivity contribution < 1.29 is 10.8 Å². The van der Waals surface area contributed by atoms with Gasteiger partial charge in [0.2, 0.25) is 0 Å². The minimum Gasteiger partial charge on any atom is -0.350 e. The fraction of sp³-hybridized carbons (Fsp3) is 1.00. The van der Waals surface area contributed by atoms with Crippen molar-refractivity contribution in [3.05, 3.63) is 0 Å². The first kappa shape index (κ1) is 8.02. The van der Waals surface area contributed by atoms with Crippen molar-refractivity contribution in [3.8, 4) is 0 Å². The highest BCUT2D eigenvalue weighted by Crippen LogP contribution is 2.01. The largest absolute Gasteiger partial charge is 0.350 e. The average molecular weight is 147 g/mol. The standard InChI is InChI=1S/C8H18O2/c1-6(2)9-8(5)10-7(3)4/h6-8H,1-5H3/i8D. The number of rotatable bonds is 4. The van der Waals surface area contributed by atoms with E-state index < -0.39 is 6.27 Å². The highest BCUT2D eigenvalue weighted by molar-refractivity contribution is 4.42. The molecule has 0 amide bonds. The molecule has 2 heteroatoms. The summed E-state index contributed by atoms with van der Waals surface area (Å²) >= 11 is 0. The van der Waals surface area contributed by atoms with E-state index in [4.69, 9.17) is 10.8 Å². The molecule has 0 aliphatic carbocycles. The molecule has 0 aromatic heterocycles. The minimum absolute atomic E-state index is 0.0243. The number of hydrogen-bond acceptors (Lipinski definition) is 2. The molecule has 0 aliphatic rings. The summed E-state index contributed by atoms with van der Waals surface area (Å²) in [6.07, 6.45) is -1.16. The summed E-state index contributed by atoms with van der Waals surface area (Å²) in [5.74, 6) is 0. The quantitative estimate of drug-likeness (QED) is 0.567. The predicted molar refractivity (Wildman–Crippen MR) is 41.9 cm³/mol. The second kappa shape index (κ2) is 4.69. The van der Waals surface area contributed by atoms with Gasteiger partial charge in [0.15, 0.2) is 6.27 Å². The van der Waals surface area contributed by atoms with Gasteiger partial charge >= 0.3 is 0 Å². The van der Waals surface area contributed by atoms with Crippen LogP contribution in [0.15, 0.2) is 0 Å². The molecule has 0 N–H and O–H groups in total. The van der Waals surface area contributed by atoms with Gasteiger partial charge in [0.05, 0.1) is 13.6 Å². The van der Waals surface area contributed by atoms with Gasteiger partial charge in [-0.2, -0.15) is 0 Å². The summed E-state index contributed by atoms with van der Waals surface area (Å²) in [6, 6.07) is 0. The molecule has 0 atom stereocenters. The molecule has 0 aliphatic heterocycles. The van der Waals surface area contributed by atoms with Crippen LogP contribution in [0.2, 0.25) is 0 Å². The van der Waals surface area contributed by atoms with Crippen LogP contribution in [-0.4, -0.2) is 18.5 Å². The van der Waals surface area contributed by atoms with Crippen LogP contribution in [0, 0.1) is 0 Å². The molecule has 0 radical (unpaired) electrons. The fourth-order valence-electron chi connectivity index (χ4n) is 0.692. The van der Waals surface area contributed by atoms with Crippen molar-refractivity contribution in [1.29, 1.82) is 0 Å². The Morgan fingerprint density at radius 1 is 0.900 bits per heavy atom. The highest BCUT2D eigenvalue weighted by Gasteiger charge is 2.05. The van der Waals surface area contributed by atoms with E-state index in [2.05, 4.69) is 0 Å². The summed E-state index contributed by atoms with van der Waals surface area (Å²) in [4.78, 5) is 0. The van der Waals surface area contributed by atoms with Crippen LogP contribution in [0.1, 0.15) is 36.0 Å². The zero-order valence-corrected chi connectivity index (χ0v) is 7.47. The third-order valence-corrected chi connectivity index (χ3v) is 0.803. The summed E-state index contributed by atoms with van der Waals surface area (Å²) < 4.78 is 17.9. The Morgan fingerprint density at radius 3 is 1.40 bits per heavy atom. The molecular formula is C8H18O2. The Labute approximate surface area is 64.9 Å². The molecule has 0 spiro atoms. The smallest absolute Gasteiger partial charge is 0.155 e. The van der Waals surface area contributed by atoms with E-state index in [0.717, 1.165) is 0 Å². The van der Waals surface area contributed by atoms with Gasteiger partial charge in [-0.25, -0.2) is 0 Å². The van der Waals surface area contributed by atoms with E-state index in [1.54, 1.807) is 6.92 Å². The first-order chi connectivity index (χ1) is 4.83. The van der Waals surface area contributed by atoms with Crippen LogP contribution in [0.5, 0.6) is 0 Å². The fourth-order valence-corrected chi connectivity index (χ4v) is 0.692. The van der Waals surface area contributed by atoms with Gasteiger partial charge in [-0.15, -0.1) is 0 Å². The summed E-state index contributed by atoms with van der Waals surface area (Å²) in [5.41, 5.74) is 0. The summed E-state index contributed by atoms with van der Waals surface area (Å²) in [7, 11) is 0. The van der Waals surface area contributed by atoms with E-state index >= 15 is 0 Å². The summed E-state index contributed by atoms with van der Waals surface area (Å²) in [5, 5.41) is 0. The molecule has 0 heterocycles. The van der Waals surface area contributed by atoms with Crippen molar-refractivity contribution in [2.45, 2.75) is 53.1 Å². The SMILES string of the molecule is [2H]C(C)(OC(C)C)OC(C)C. The van der Waals surface area contributed by atoms with Gasteiger partial charge in [-0.05, 0) is 34.6 Å². The maximum absolute atomic E-state index is 7.54. The maximum atomic E-state index is 7.54. The van der Waals surface area contributed by atoms with Gasteiger partial charge in [0.1, 0.15) is 0 Å². The zero-order valence-electron chi connectivity index (χ0n) is 8.47. The molecule has 2 nitrogen and oxygen atoms in total. The van der Waals surface area contributed by atoms with Crippen molar-refractivity contribution in [2.75, 3.05) is 0 Å². The Balaban J connectivity index is 3.79. The predicted octanol–water partition coefficient (Wildman–Crippen LogP) is 2.18. The van der Waals surface area contributed by atoms with Crippen LogP contribution in [0.25, 0.3) is 0 Å². The van der Waals surface area contributed by atoms with Crippen LogP contribution in [0.4, 0.5) is 0 Å². The molecule has 10 heavy (non-hydrogen) atoms. The normalized spacial score (nSPS) is 14.5. The van der Waals surface area contributed by atoms with E-state index in [0.29, 0.717) is 0 Å². The lowest BCUT2D eigenvalue weighted by Gasteiger charge is -2.18. The Hall–Kier alpha value is -0.0800. The summed E-state index contributed by atoms with van der Waals surface area (Å²) in [6.45, 7) is 9.15. The van der Waals surface area contributed by atoms with Gasteiger partial charge < -0.3 is 9.47 Å². The second-order valence-corrected chi connectivity index (χ2v) is 2.82. The van der Waals surface area contributed by atoms with Crippen LogP contribution >= 0.6 is 0 Å². The topological polar surface area (TPSA) is 18.5 Å². The Morgan fingerprint density at radius 2 is 1.20 bits per heavy atom. The Bertz CT molecular complexity index is 98.7. The maximum Gasteiger partial charge on any atom is 0.155 e. The molecule has 0 aromatic rings. The molecule has 62 valence electrons. The average Bonchev–Trinajstić information content (AvgIpc) is 1.53. The molecule has 0 aromatic carbocycles. The van der Waals surface area contributed by atoms with E-state index in [1.807, 2.05) is 27.7 Å². The molecular weight excluding hydrogens is 128 g/mol. The lowest BCUT2D eigenvalue weighted by atomic mass is 10.4. The minimum atomic E-state index is -1.21. The monoisotopic (exact) mass is 147 g/mol. The molecule has 0 fully saturated rings. The van der Waals surface area contributed by atoms with Crippen LogP contribution in [0.3, 0.4) is 0 Å². The lowest BCUT2D eigenvalue weighted by Crippen LogP contribution is -2.21. The molecule has 0 saturated carbocycles. The van der Waals surface area contributed by atoms with Crippen molar-refractivity contribution in [3.63, 3.8) is 0 Å². The van der Waals surface area contributed by atoms with E-state index in [9.17, 15) is 0 Å².